The van der Waals surface area contributed by atoms with E-state index in [2.05, 4.69) is 24.2 Å². The highest BCUT2D eigenvalue weighted by atomic mass is 35.5. The molecule has 0 saturated carbocycles. The third-order valence-electron chi connectivity index (χ3n) is 6.00. The number of fused-ring (bicyclic) bond motifs is 1. The Morgan fingerprint density at radius 1 is 1.17 bits per heavy atom. The fourth-order valence-electron chi connectivity index (χ4n) is 4.17. The fourth-order valence-corrected chi connectivity index (χ4v) is 4.29. The molecule has 1 aromatic carbocycles. The van der Waals surface area contributed by atoms with Gasteiger partial charge in [0.2, 0.25) is 12.2 Å². The number of hydrogen-bond acceptors (Lipinski definition) is 4. The number of aromatic nitrogens is 1. The number of nitrogens with zero attached hydrogens (tertiary/aromatic N) is 6. The number of guanidine groups is 1. The zero-order valence-corrected chi connectivity index (χ0v) is 20.2. The molecule has 2 N–H and O–H groups in total. The molecule has 1 aliphatic carbocycles. The van der Waals surface area contributed by atoms with Crippen LogP contribution in [0.3, 0.4) is 0 Å². The molecule has 10 heteroatoms. The van der Waals surface area contributed by atoms with E-state index in [0.717, 1.165) is 10.3 Å². The maximum absolute atomic E-state index is 12.9. The molecule has 0 aromatic heterocycles. The van der Waals surface area contributed by atoms with E-state index < -0.39 is 0 Å². The summed E-state index contributed by atoms with van der Waals surface area (Å²) in [6.45, 7) is 5.48. The van der Waals surface area contributed by atoms with Gasteiger partial charge in [-0.1, -0.05) is 31.5 Å². The predicted octanol–water partition coefficient (Wildman–Crippen LogP) is 4.10. The van der Waals surface area contributed by atoms with Crippen LogP contribution in [0.5, 0.6) is 0 Å². The Labute approximate surface area is 208 Å². The van der Waals surface area contributed by atoms with Crippen molar-refractivity contribution in [3.63, 3.8) is 0 Å². The lowest BCUT2D eigenvalue weighted by molar-refractivity contribution is 0.119. The number of aliphatic imine (C=N–C) groups is 1. The monoisotopic (exact) mass is 491 g/mol. The van der Waals surface area contributed by atoms with Crippen LogP contribution in [-0.2, 0) is 0 Å². The van der Waals surface area contributed by atoms with Crippen molar-refractivity contribution in [2.75, 3.05) is 25.0 Å². The van der Waals surface area contributed by atoms with Gasteiger partial charge in [0.15, 0.2) is 0 Å². The highest BCUT2D eigenvalue weighted by Crippen LogP contribution is 2.21. The van der Waals surface area contributed by atoms with E-state index in [1.165, 1.54) is 0 Å². The number of hydrogen-bond donors (Lipinski definition) is 2. The molecule has 1 atom stereocenters. The summed E-state index contributed by atoms with van der Waals surface area (Å²) in [5.74, 6) is 0.442. The fraction of sp³-hybridized carbons (Fsp3) is 0.280. The zero-order chi connectivity index (χ0) is 24.9. The second-order valence-corrected chi connectivity index (χ2v) is 9.01. The van der Waals surface area contributed by atoms with Crippen LogP contribution in [0.2, 0.25) is 5.02 Å². The van der Waals surface area contributed by atoms with E-state index in [0.29, 0.717) is 41.4 Å². The molecule has 35 heavy (non-hydrogen) atoms. The molecule has 2 amide bonds. The van der Waals surface area contributed by atoms with Crippen molar-refractivity contribution >= 4 is 29.3 Å². The van der Waals surface area contributed by atoms with E-state index in [1.807, 2.05) is 23.2 Å². The number of carbonyl (C=O) groups excluding carboxylic acids is 1. The summed E-state index contributed by atoms with van der Waals surface area (Å²) in [7, 11) is 0. The van der Waals surface area contributed by atoms with Crippen LogP contribution in [-0.4, -0.2) is 57.4 Å². The van der Waals surface area contributed by atoms with Crippen molar-refractivity contribution in [3.8, 4) is 17.5 Å². The summed E-state index contributed by atoms with van der Waals surface area (Å²) in [6.07, 6.45) is 3.41. The van der Waals surface area contributed by atoms with Crippen molar-refractivity contribution in [1.29, 1.82) is 5.26 Å². The minimum absolute atomic E-state index is 0.103. The zero-order valence-electron chi connectivity index (χ0n) is 19.5. The average Bonchev–Trinajstić information content (AvgIpc) is 2.85. The standard InChI is InChI=1S/C25H26ClN7O2/c1-17(2)23-15-31(25(34)29-19-10-8-18(26)9-11-19)13-14-32(23)24(28-16-27)30-21-6-3-7-22-20(21)5-4-12-33(22)35/h3-12,17,23,35H,13-15H2,1-2H3,(H,29,34)/b28-24?,30-21+. The van der Waals surface area contributed by atoms with Gasteiger partial charge in [0.05, 0.1) is 17.1 Å². The highest BCUT2D eigenvalue weighted by molar-refractivity contribution is 6.30. The third kappa shape index (κ3) is 5.39. The number of carbonyl (C=O) groups is 1. The van der Waals surface area contributed by atoms with E-state index in [-0.39, 0.29) is 24.0 Å². The Kier molecular flexibility index (Phi) is 7.22. The van der Waals surface area contributed by atoms with Gasteiger partial charge in [0, 0.05) is 42.1 Å². The molecule has 2 aliphatic heterocycles. The van der Waals surface area contributed by atoms with Crippen molar-refractivity contribution in [2.45, 2.75) is 19.9 Å². The van der Waals surface area contributed by atoms with Gasteiger partial charge in [0.25, 0.3) is 0 Å². The molecule has 1 saturated heterocycles. The normalized spacial score (nSPS) is 17.1. The molecule has 3 aliphatic rings. The minimum Gasteiger partial charge on any atom is -0.428 e. The van der Waals surface area contributed by atoms with Crippen molar-refractivity contribution < 1.29 is 10.0 Å². The Morgan fingerprint density at radius 3 is 2.66 bits per heavy atom. The van der Waals surface area contributed by atoms with E-state index in [1.54, 1.807) is 53.6 Å². The van der Waals surface area contributed by atoms with Gasteiger partial charge in [-0.3, -0.25) is 0 Å². The highest BCUT2D eigenvalue weighted by Gasteiger charge is 2.33. The first-order valence-electron chi connectivity index (χ1n) is 11.3. The quantitative estimate of drug-likeness (QED) is 0.243. The van der Waals surface area contributed by atoms with Gasteiger partial charge in [-0.05, 0) is 54.4 Å². The molecule has 1 unspecified atom stereocenters. The Bertz CT molecular complexity index is 1310. The number of benzene rings is 2. The first-order chi connectivity index (χ1) is 16.9. The van der Waals surface area contributed by atoms with Gasteiger partial charge < -0.3 is 20.3 Å². The summed E-state index contributed by atoms with van der Waals surface area (Å²) in [5.41, 5.74) is 1.99. The molecular formula is C25H26ClN7O2. The number of anilines is 1. The number of nitrogens with one attached hydrogen (secondary N) is 1. The molecule has 1 aromatic rings. The van der Waals surface area contributed by atoms with Crippen LogP contribution in [0.25, 0.3) is 11.3 Å². The topological polar surface area (TPSA) is 109 Å². The maximum Gasteiger partial charge on any atom is 0.321 e. The second-order valence-electron chi connectivity index (χ2n) is 8.57. The number of urea groups is 1. The number of nitriles is 1. The van der Waals surface area contributed by atoms with Gasteiger partial charge in [-0.25, -0.2) is 9.79 Å². The first kappa shape index (κ1) is 24.1. The smallest absolute Gasteiger partial charge is 0.321 e. The van der Waals surface area contributed by atoms with Crippen LogP contribution in [0, 0.1) is 17.4 Å². The van der Waals surface area contributed by atoms with Gasteiger partial charge in [-0.2, -0.15) is 9.99 Å². The molecule has 9 nitrogen and oxygen atoms in total. The summed E-state index contributed by atoms with van der Waals surface area (Å²) >= 11 is 5.93. The van der Waals surface area contributed by atoms with Crippen LogP contribution < -0.4 is 10.7 Å². The van der Waals surface area contributed by atoms with Gasteiger partial charge in [0.1, 0.15) is 0 Å². The summed E-state index contributed by atoms with van der Waals surface area (Å²) in [4.78, 5) is 25.4. The van der Waals surface area contributed by atoms with Gasteiger partial charge in [-0.15, -0.1) is 4.99 Å². The maximum atomic E-state index is 12.9. The molecule has 0 bridgehead atoms. The van der Waals surface area contributed by atoms with Crippen LogP contribution in [0.4, 0.5) is 10.5 Å². The van der Waals surface area contributed by atoms with E-state index in [4.69, 9.17) is 16.6 Å². The third-order valence-corrected chi connectivity index (χ3v) is 6.25. The largest absolute Gasteiger partial charge is 0.428 e. The van der Waals surface area contributed by atoms with Gasteiger partial charge >= 0.3 is 6.03 Å². The minimum atomic E-state index is -0.199. The number of amides is 2. The summed E-state index contributed by atoms with van der Waals surface area (Å²) < 4.78 is 1.03. The number of piperazine rings is 1. The van der Waals surface area contributed by atoms with Crippen molar-refractivity contribution in [2.24, 2.45) is 15.9 Å². The SMILES string of the molecule is CC(C)C1CN(C(=O)Nc2ccc(Cl)cc2)CCN1C(=NC#N)/N=c1\cccc2n(O)cccc1-2. The molecular weight excluding hydrogens is 466 g/mol. The Balaban J connectivity index is 1.60. The van der Waals surface area contributed by atoms with Crippen LogP contribution >= 0.6 is 11.6 Å². The molecule has 180 valence electrons. The second kappa shape index (κ2) is 10.5. The lowest BCUT2D eigenvalue weighted by Gasteiger charge is -2.43. The molecule has 2 heterocycles. The number of halogens is 1. The lowest BCUT2D eigenvalue weighted by Crippen LogP contribution is -2.58. The van der Waals surface area contributed by atoms with E-state index in [9.17, 15) is 15.3 Å². The Morgan fingerprint density at radius 2 is 1.94 bits per heavy atom. The lowest BCUT2D eigenvalue weighted by atomic mass is 10.00. The van der Waals surface area contributed by atoms with E-state index >= 15 is 0 Å². The summed E-state index contributed by atoms with van der Waals surface area (Å²) in [6, 6.07) is 15.6. The van der Waals surface area contributed by atoms with Crippen LogP contribution in [0.1, 0.15) is 13.8 Å². The summed E-state index contributed by atoms with van der Waals surface area (Å²) in [5, 5.41) is 23.6. The number of rotatable bonds is 2. The van der Waals surface area contributed by atoms with Crippen molar-refractivity contribution in [1.82, 2.24) is 14.5 Å². The Hall–Kier alpha value is -4.03. The molecule has 4 rings (SSSR count). The van der Waals surface area contributed by atoms with Crippen molar-refractivity contribution in [3.05, 3.63) is 71.2 Å². The molecule has 0 spiro atoms. The predicted molar refractivity (Wildman–Crippen MR) is 134 cm³/mol. The average molecular weight is 492 g/mol. The number of pyridine rings is 1. The molecule has 1 fully saturated rings. The van der Waals surface area contributed by atoms with Crippen LogP contribution in [0.15, 0.2) is 70.8 Å². The molecule has 0 radical (unpaired) electrons. The first-order valence-corrected chi connectivity index (χ1v) is 11.6.